The third kappa shape index (κ3) is 9.14. The van der Waals surface area contributed by atoms with Crippen molar-refractivity contribution in [1.82, 2.24) is 0 Å². The Morgan fingerprint density at radius 2 is 1.83 bits per heavy atom. The third-order valence-electron chi connectivity index (χ3n) is 0.575. The molecule has 0 amide bonds. The summed E-state index contributed by atoms with van der Waals surface area (Å²) in [4.78, 5) is 0. The summed E-state index contributed by atoms with van der Waals surface area (Å²) < 4.78 is 0. The normalized spacial score (nSPS) is 12.5. The van der Waals surface area contributed by atoms with E-state index in [-0.39, 0.29) is 57.5 Å². The molecule has 0 aliphatic heterocycles. The predicted molar refractivity (Wildman–Crippen MR) is 19.8 cm³/mol. The molecular weight excluding hydrogens is 103 g/mol. The molecule has 1 nitrogen and oxygen atoms in total. The summed E-state index contributed by atoms with van der Waals surface area (Å²) in [6, 6.07) is 0. The molecule has 0 bridgehead atoms. The Balaban J connectivity index is 0. The molecule has 0 saturated heterocycles. The van der Waals surface area contributed by atoms with Crippen LogP contribution in [0, 0.1) is 0 Å². The minimum Gasteiger partial charge on any atom is -0.852 e. The zero-order chi connectivity index (χ0) is 4.28. The molecule has 6 heavy (non-hydrogen) atoms. The van der Waals surface area contributed by atoms with Crippen molar-refractivity contribution in [2.24, 2.45) is 0 Å². The molecule has 1 unspecified atom stereocenters. The minimum atomic E-state index is -0.366. The molecule has 0 radical (unpaired) electrons. The maximum absolute atomic E-state index is 9.90. The van der Waals surface area contributed by atoms with E-state index in [1.165, 1.54) is 0 Å². The molecule has 1 atom stereocenters. The first kappa shape index (κ1) is 10.6. The molecule has 0 N–H and O–H groups in total. The van der Waals surface area contributed by atoms with E-state index in [9.17, 15) is 5.11 Å². The van der Waals surface area contributed by atoms with Crippen LogP contribution in [0.5, 0.6) is 0 Å². The summed E-state index contributed by atoms with van der Waals surface area (Å²) in [7, 11) is 0. The Morgan fingerprint density at radius 1 is 1.67 bits per heavy atom. The second-order valence-corrected chi connectivity index (χ2v) is 1.22. The second kappa shape index (κ2) is 6.60. The molecule has 0 aliphatic rings. The first-order valence-corrected chi connectivity index (χ1v) is 1.93. The summed E-state index contributed by atoms with van der Waals surface area (Å²) in [6.45, 7) is 3.55. The van der Waals surface area contributed by atoms with E-state index in [1.54, 1.807) is 6.92 Å². The van der Waals surface area contributed by atoms with Crippen molar-refractivity contribution in [3.05, 3.63) is 0 Å². The number of hydrogen-bond donors (Lipinski definition) is 0. The van der Waals surface area contributed by atoms with Crippen LogP contribution >= 0.6 is 0 Å². The minimum absolute atomic E-state index is 0. The molecule has 0 fully saturated rings. The molecule has 0 aromatic carbocycles. The smallest absolute Gasteiger partial charge is 0.852 e. The van der Waals surface area contributed by atoms with Crippen LogP contribution in [-0.4, -0.2) is 6.10 Å². The van der Waals surface area contributed by atoms with E-state index in [2.05, 4.69) is 0 Å². The molecule has 0 spiro atoms. The maximum atomic E-state index is 9.90. The summed E-state index contributed by atoms with van der Waals surface area (Å²) in [5, 5.41) is 9.90. The van der Waals surface area contributed by atoms with Gasteiger partial charge in [-0.05, 0) is 0 Å². The Morgan fingerprint density at radius 3 is 1.83 bits per heavy atom. The van der Waals surface area contributed by atoms with Crippen molar-refractivity contribution in [2.75, 3.05) is 0 Å². The first-order chi connectivity index (χ1) is 2.27. The zero-order valence-corrected chi connectivity index (χ0v) is 7.82. The standard InChI is InChI=1S/C4H9O.K/c1-3-4(2)5;/h4H,3H2,1-2H3;/q-1;+1. The van der Waals surface area contributed by atoms with Gasteiger partial charge in [-0.3, -0.25) is 0 Å². The van der Waals surface area contributed by atoms with Crippen LogP contribution in [-0.2, 0) is 0 Å². The SMILES string of the molecule is CCC(C)[O-].[K+]. The fourth-order valence-corrected chi connectivity index (χ4v) is 0. The van der Waals surface area contributed by atoms with Gasteiger partial charge in [0.1, 0.15) is 0 Å². The maximum Gasteiger partial charge on any atom is 1.00 e. The van der Waals surface area contributed by atoms with Gasteiger partial charge in [0.05, 0.1) is 0 Å². The van der Waals surface area contributed by atoms with Gasteiger partial charge in [-0.2, -0.15) is 0 Å². The molecule has 2 heteroatoms. The van der Waals surface area contributed by atoms with E-state index in [4.69, 9.17) is 0 Å². The Hall–Kier alpha value is 1.60. The van der Waals surface area contributed by atoms with Crippen molar-refractivity contribution in [3.63, 3.8) is 0 Å². The summed E-state index contributed by atoms with van der Waals surface area (Å²) >= 11 is 0. The molecule has 0 aromatic rings. The molecule has 32 valence electrons. The van der Waals surface area contributed by atoms with Gasteiger partial charge in [0, 0.05) is 0 Å². The van der Waals surface area contributed by atoms with Gasteiger partial charge in [0.2, 0.25) is 0 Å². The Kier molecular flexibility index (Phi) is 11.6. The average Bonchev–Trinajstić information content (AvgIpc) is 1.38. The van der Waals surface area contributed by atoms with Crippen LogP contribution in [0.4, 0.5) is 0 Å². The van der Waals surface area contributed by atoms with Gasteiger partial charge < -0.3 is 5.11 Å². The molecule has 0 rings (SSSR count). The summed E-state index contributed by atoms with van der Waals surface area (Å²) in [6.07, 6.45) is 0.384. The van der Waals surface area contributed by atoms with Gasteiger partial charge in [-0.1, -0.05) is 20.3 Å². The van der Waals surface area contributed by atoms with Crippen molar-refractivity contribution in [3.8, 4) is 0 Å². The van der Waals surface area contributed by atoms with Gasteiger partial charge in [-0.15, -0.1) is 6.10 Å². The van der Waals surface area contributed by atoms with Crippen molar-refractivity contribution >= 4 is 0 Å². The first-order valence-electron chi connectivity index (χ1n) is 1.93. The van der Waals surface area contributed by atoms with E-state index < -0.39 is 0 Å². The van der Waals surface area contributed by atoms with E-state index in [0.29, 0.717) is 0 Å². The monoisotopic (exact) mass is 112 g/mol. The Bertz CT molecular complexity index is 21.5. The van der Waals surface area contributed by atoms with Gasteiger partial charge in [-0.25, -0.2) is 0 Å². The van der Waals surface area contributed by atoms with Gasteiger partial charge >= 0.3 is 51.4 Å². The van der Waals surface area contributed by atoms with Crippen LogP contribution in [0.3, 0.4) is 0 Å². The largest absolute Gasteiger partial charge is 1.00 e. The second-order valence-electron chi connectivity index (χ2n) is 1.22. The van der Waals surface area contributed by atoms with E-state index in [0.717, 1.165) is 6.42 Å². The molecule has 0 saturated carbocycles. The number of hydrogen-bond acceptors (Lipinski definition) is 1. The van der Waals surface area contributed by atoms with Crippen molar-refractivity contribution in [1.29, 1.82) is 0 Å². The van der Waals surface area contributed by atoms with E-state index in [1.807, 2.05) is 6.92 Å². The van der Waals surface area contributed by atoms with Crippen LogP contribution in [0.2, 0.25) is 0 Å². The predicted octanol–water partition coefficient (Wildman–Crippen LogP) is -2.85. The molecule has 0 aliphatic carbocycles. The fraction of sp³-hybridized carbons (Fsp3) is 1.00. The van der Waals surface area contributed by atoms with Crippen molar-refractivity contribution in [2.45, 2.75) is 26.4 Å². The van der Waals surface area contributed by atoms with Crippen LogP contribution < -0.4 is 56.5 Å². The zero-order valence-electron chi connectivity index (χ0n) is 4.69. The summed E-state index contributed by atoms with van der Waals surface area (Å²) in [5.74, 6) is 0. The van der Waals surface area contributed by atoms with E-state index >= 15 is 0 Å². The van der Waals surface area contributed by atoms with Gasteiger partial charge in [0.15, 0.2) is 0 Å². The molecular formula is C4H9KO. The summed E-state index contributed by atoms with van der Waals surface area (Å²) in [5.41, 5.74) is 0. The molecule has 0 heterocycles. The topological polar surface area (TPSA) is 23.1 Å². The number of rotatable bonds is 1. The Labute approximate surface area is 81.6 Å². The molecule has 0 aromatic heterocycles. The van der Waals surface area contributed by atoms with Crippen LogP contribution in [0.1, 0.15) is 20.3 Å². The van der Waals surface area contributed by atoms with Crippen molar-refractivity contribution < 1.29 is 56.5 Å². The fourth-order valence-electron chi connectivity index (χ4n) is 0. The van der Waals surface area contributed by atoms with Crippen LogP contribution in [0.15, 0.2) is 0 Å². The average molecular weight is 112 g/mol. The third-order valence-corrected chi connectivity index (χ3v) is 0.575. The van der Waals surface area contributed by atoms with Gasteiger partial charge in [0.25, 0.3) is 0 Å². The quantitative estimate of drug-likeness (QED) is 0.335. The van der Waals surface area contributed by atoms with Crippen LogP contribution in [0.25, 0.3) is 0 Å².